The number of rotatable bonds is 3. The van der Waals surface area contributed by atoms with Crippen LogP contribution in [0.1, 0.15) is 11.4 Å². The van der Waals surface area contributed by atoms with Gasteiger partial charge in [-0.05, 0) is 25.1 Å². The first-order chi connectivity index (χ1) is 7.31. The summed E-state index contributed by atoms with van der Waals surface area (Å²) in [5, 5.41) is 4.50. The second-order valence-corrected chi connectivity index (χ2v) is 3.84. The highest BCUT2D eigenvalue weighted by molar-refractivity contribution is 6.17. The lowest BCUT2D eigenvalue weighted by Crippen LogP contribution is -1.99. The van der Waals surface area contributed by atoms with Crippen LogP contribution < -0.4 is 0 Å². The summed E-state index contributed by atoms with van der Waals surface area (Å²) in [4.78, 5) is 0. The van der Waals surface area contributed by atoms with Crippen LogP contribution in [-0.4, -0.2) is 15.7 Å². The maximum Gasteiger partial charge on any atom is 0.0648 e. The Hall–Kier alpha value is -1.28. The van der Waals surface area contributed by atoms with Crippen LogP contribution in [0, 0.1) is 6.92 Å². The second kappa shape index (κ2) is 4.49. The standard InChI is InChI=1S/C12H13ClN2/c1-10-9-11(7-8-13)14-15(10)12-5-3-2-4-6-12/h2-6,9H,7-8H2,1H3. The average molecular weight is 221 g/mol. The molecule has 0 amide bonds. The summed E-state index contributed by atoms with van der Waals surface area (Å²) in [7, 11) is 0. The van der Waals surface area contributed by atoms with Gasteiger partial charge in [0.15, 0.2) is 0 Å². The molecule has 0 bridgehead atoms. The Labute approximate surface area is 94.5 Å². The molecular weight excluding hydrogens is 208 g/mol. The predicted octanol–water partition coefficient (Wildman–Crippen LogP) is 2.96. The Kier molecular flexibility index (Phi) is 3.07. The maximum atomic E-state index is 5.69. The fourth-order valence-electron chi connectivity index (χ4n) is 1.59. The van der Waals surface area contributed by atoms with Gasteiger partial charge in [-0.15, -0.1) is 11.6 Å². The summed E-state index contributed by atoms with van der Waals surface area (Å²) >= 11 is 5.69. The molecule has 0 unspecified atom stereocenters. The highest BCUT2D eigenvalue weighted by atomic mass is 35.5. The fraction of sp³-hybridized carbons (Fsp3) is 0.250. The van der Waals surface area contributed by atoms with Crippen LogP contribution in [0.4, 0.5) is 0 Å². The van der Waals surface area contributed by atoms with Crippen molar-refractivity contribution in [2.24, 2.45) is 0 Å². The quantitative estimate of drug-likeness (QED) is 0.728. The van der Waals surface area contributed by atoms with Crippen molar-refractivity contribution in [3.8, 4) is 5.69 Å². The van der Waals surface area contributed by atoms with E-state index in [1.54, 1.807) is 0 Å². The average Bonchev–Trinajstić information content (AvgIpc) is 2.61. The zero-order valence-corrected chi connectivity index (χ0v) is 9.41. The highest BCUT2D eigenvalue weighted by Crippen LogP contribution is 2.12. The molecule has 1 aromatic heterocycles. The summed E-state index contributed by atoms with van der Waals surface area (Å²) in [5.41, 5.74) is 3.28. The number of benzene rings is 1. The molecule has 2 rings (SSSR count). The summed E-state index contributed by atoms with van der Waals surface area (Å²) < 4.78 is 1.95. The Bertz CT molecular complexity index is 434. The van der Waals surface area contributed by atoms with Crippen molar-refractivity contribution in [3.63, 3.8) is 0 Å². The molecule has 2 nitrogen and oxygen atoms in total. The van der Waals surface area contributed by atoms with Crippen molar-refractivity contribution in [2.75, 3.05) is 5.88 Å². The first-order valence-corrected chi connectivity index (χ1v) is 5.51. The molecule has 1 aromatic carbocycles. The van der Waals surface area contributed by atoms with E-state index in [1.807, 2.05) is 35.0 Å². The number of hydrogen-bond donors (Lipinski definition) is 0. The molecule has 0 radical (unpaired) electrons. The van der Waals surface area contributed by atoms with Crippen LogP contribution in [0.5, 0.6) is 0 Å². The van der Waals surface area contributed by atoms with Crippen LogP contribution in [0.3, 0.4) is 0 Å². The largest absolute Gasteiger partial charge is 0.238 e. The molecule has 0 N–H and O–H groups in total. The third-order valence-corrected chi connectivity index (χ3v) is 2.48. The first kappa shape index (κ1) is 10.2. The van der Waals surface area contributed by atoms with E-state index in [4.69, 9.17) is 11.6 Å². The summed E-state index contributed by atoms with van der Waals surface area (Å²) in [6.07, 6.45) is 0.822. The van der Waals surface area contributed by atoms with E-state index in [9.17, 15) is 0 Å². The van der Waals surface area contributed by atoms with Crippen molar-refractivity contribution in [1.82, 2.24) is 9.78 Å². The smallest absolute Gasteiger partial charge is 0.0648 e. The van der Waals surface area contributed by atoms with Gasteiger partial charge in [0.25, 0.3) is 0 Å². The lowest BCUT2D eigenvalue weighted by Gasteiger charge is -2.02. The van der Waals surface area contributed by atoms with Crippen LogP contribution >= 0.6 is 11.6 Å². The zero-order valence-electron chi connectivity index (χ0n) is 8.65. The van der Waals surface area contributed by atoms with E-state index in [2.05, 4.69) is 18.1 Å². The first-order valence-electron chi connectivity index (χ1n) is 4.98. The van der Waals surface area contributed by atoms with E-state index < -0.39 is 0 Å². The molecule has 0 fully saturated rings. The molecule has 0 aliphatic carbocycles. The Morgan fingerprint density at radius 2 is 2.00 bits per heavy atom. The highest BCUT2D eigenvalue weighted by Gasteiger charge is 2.04. The van der Waals surface area contributed by atoms with Gasteiger partial charge >= 0.3 is 0 Å². The minimum absolute atomic E-state index is 0.616. The topological polar surface area (TPSA) is 17.8 Å². The molecular formula is C12H13ClN2. The third-order valence-electron chi connectivity index (χ3n) is 2.29. The second-order valence-electron chi connectivity index (χ2n) is 3.46. The monoisotopic (exact) mass is 220 g/mol. The number of alkyl halides is 1. The van der Waals surface area contributed by atoms with Gasteiger partial charge < -0.3 is 0 Å². The van der Waals surface area contributed by atoms with Gasteiger partial charge in [0.05, 0.1) is 11.4 Å². The Morgan fingerprint density at radius 3 is 2.67 bits per heavy atom. The number of halogens is 1. The number of aryl methyl sites for hydroxylation is 2. The van der Waals surface area contributed by atoms with E-state index >= 15 is 0 Å². The van der Waals surface area contributed by atoms with Crippen LogP contribution in [0.25, 0.3) is 5.69 Å². The van der Waals surface area contributed by atoms with Crippen LogP contribution in [0.2, 0.25) is 0 Å². The van der Waals surface area contributed by atoms with E-state index in [1.165, 1.54) is 0 Å². The molecule has 0 aliphatic rings. The van der Waals surface area contributed by atoms with Crippen molar-refractivity contribution in [3.05, 3.63) is 47.8 Å². The third kappa shape index (κ3) is 2.21. The van der Waals surface area contributed by atoms with Gasteiger partial charge in [-0.3, -0.25) is 0 Å². The summed E-state index contributed by atoms with van der Waals surface area (Å²) in [6.45, 7) is 2.05. The van der Waals surface area contributed by atoms with Gasteiger partial charge in [-0.2, -0.15) is 5.10 Å². The van der Waals surface area contributed by atoms with E-state index in [0.717, 1.165) is 23.5 Å². The summed E-state index contributed by atoms with van der Waals surface area (Å²) in [5.74, 6) is 0.616. The molecule has 0 spiro atoms. The van der Waals surface area contributed by atoms with Crippen molar-refractivity contribution in [1.29, 1.82) is 0 Å². The van der Waals surface area contributed by atoms with E-state index in [0.29, 0.717) is 5.88 Å². The van der Waals surface area contributed by atoms with Crippen molar-refractivity contribution >= 4 is 11.6 Å². The maximum absolute atomic E-state index is 5.69. The molecule has 15 heavy (non-hydrogen) atoms. The number of hydrogen-bond acceptors (Lipinski definition) is 1. The van der Waals surface area contributed by atoms with E-state index in [-0.39, 0.29) is 0 Å². The molecule has 1 heterocycles. The van der Waals surface area contributed by atoms with Gasteiger partial charge in [-0.25, -0.2) is 4.68 Å². The predicted molar refractivity (Wildman–Crippen MR) is 62.7 cm³/mol. The normalized spacial score (nSPS) is 10.5. The molecule has 0 atom stereocenters. The lowest BCUT2D eigenvalue weighted by atomic mass is 10.3. The van der Waals surface area contributed by atoms with Crippen molar-refractivity contribution < 1.29 is 0 Å². The molecule has 0 saturated heterocycles. The minimum atomic E-state index is 0.616. The molecule has 0 saturated carbocycles. The van der Waals surface area contributed by atoms with Gasteiger partial charge in [0.2, 0.25) is 0 Å². The number of aromatic nitrogens is 2. The molecule has 2 aromatic rings. The van der Waals surface area contributed by atoms with Gasteiger partial charge in [0, 0.05) is 18.0 Å². The Balaban J connectivity index is 2.36. The zero-order chi connectivity index (χ0) is 10.7. The minimum Gasteiger partial charge on any atom is -0.238 e. The van der Waals surface area contributed by atoms with Crippen molar-refractivity contribution in [2.45, 2.75) is 13.3 Å². The number of para-hydroxylation sites is 1. The molecule has 0 aliphatic heterocycles. The fourth-order valence-corrected chi connectivity index (χ4v) is 1.78. The molecule has 78 valence electrons. The SMILES string of the molecule is Cc1cc(CCCl)nn1-c1ccccc1. The van der Waals surface area contributed by atoms with Crippen LogP contribution in [-0.2, 0) is 6.42 Å². The molecule has 3 heteroatoms. The van der Waals surface area contributed by atoms with Crippen LogP contribution in [0.15, 0.2) is 36.4 Å². The van der Waals surface area contributed by atoms with Gasteiger partial charge in [-0.1, -0.05) is 18.2 Å². The lowest BCUT2D eigenvalue weighted by molar-refractivity contribution is 0.819. The summed E-state index contributed by atoms with van der Waals surface area (Å²) in [6, 6.07) is 12.2. The van der Waals surface area contributed by atoms with Gasteiger partial charge in [0.1, 0.15) is 0 Å². The number of nitrogens with zero attached hydrogens (tertiary/aromatic N) is 2. The Morgan fingerprint density at radius 1 is 1.27 bits per heavy atom.